The molecule has 0 aromatic carbocycles. The molecule has 0 saturated carbocycles. The number of rotatable bonds is 5. The molecule has 1 aliphatic heterocycles. The van der Waals surface area contributed by atoms with E-state index in [1.165, 1.54) is 22.1 Å². The summed E-state index contributed by atoms with van der Waals surface area (Å²) in [6.45, 7) is 1.11. The molecule has 0 N–H and O–H groups in total. The van der Waals surface area contributed by atoms with E-state index in [-0.39, 0.29) is 5.09 Å². The average molecular weight is 349 g/mol. The van der Waals surface area contributed by atoms with Gasteiger partial charge in [-0.15, -0.1) is 0 Å². The van der Waals surface area contributed by atoms with Gasteiger partial charge in [0.2, 0.25) is 5.09 Å². The van der Waals surface area contributed by atoms with E-state index >= 15 is 0 Å². The van der Waals surface area contributed by atoms with E-state index < -0.39 is 10.0 Å². The standard InChI is InChI=1S/C15H15N3O3S2/c16-10-12-5-6-17-14(9-12)22-11-13-3-4-15(21-13)23(19,20)18-7-1-2-8-18/h3-6,9H,1-2,7-8,11H2. The van der Waals surface area contributed by atoms with Gasteiger partial charge in [-0.05, 0) is 37.1 Å². The minimum atomic E-state index is -3.51. The molecule has 0 spiro atoms. The number of sulfonamides is 1. The number of hydrogen-bond acceptors (Lipinski definition) is 6. The predicted octanol–water partition coefficient (Wildman–Crippen LogP) is 2.62. The molecule has 3 rings (SSSR count). The first-order valence-electron chi connectivity index (χ1n) is 7.17. The van der Waals surface area contributed by atoms with Gasteiger partial charge in [0, 0.05) is 19.3 Å². The number of hydrogen-bond donors (Lipinski definition) is 0. The number of nitriles is 1. The van der Waals surface area contributed by atoms with Crippen molar-refractivity contribution in [2.24, 2.45) is 0 Å². The highest BCUT2D eigenvalue weighted by atomic mass is 32.2. The Labute approximate surface area is 139 Å². The highest BCUT2D eigenvalue weighted by molar-refractivity contribution is 7.98. The molecule has 23 heavy (non-hydrogen) atoms. The van der Waals surface area contributed by atoms with E-state index in [1.807, 2.05) is 0 Å². The second-order valence-corrected chi connectivity index (χ2v) is 7.98. The van der Waals surface area contributed by atoms with Gasteiger partial charge in [0.05, 0.1) is 22.4 Å². The Morgan fingerprint density at radius 3 is 2.83 bits per heavy atom. The van der Waals surface area contributed by atoms with Crippen LogP contribution in [0.15, 0.2) is 45.0 Å². The Morgan fingerprint density at radius 2 is 2.09 bits per heavy atom. The molecule has 1 saturated heterocycles. The van der Waals surface area contributed by atoms with Crippen LogP contribution in [0.25, 0.3) is 0 Å². The van der Waals surface area contributed by atoms with Gasteiger partial charge in [0.25, 0.3) is 10.0 Å². The first-order valence-corrected chi connectivity index (χ1v) is 9.60. The summed E-state index contributed by atoms with van der Waals surface area (Å²) in [4.78, 5) is 4.16. The van der Waals surface area contributed by atoms with E-state index in [9.17, 15) is 8.42 Å². The molecule has 6 nitrogen and oxygen atoms in total. The normalized spacial score (nSPS) is 15.6. The Morgan fingerprint density at radius 1 is 1.30 bits per heavy atom. The molecular formula is C15H15N3O3S2. The van der Waals surface area contributed by atoms with Crippen LogP contribution in [0.5, 0.6) is 0 Å². The van der Waals surface area contributed by atoms with Crippen molar-refractivity contribution < 1.29 is 12.8 Å². The molecule has 1 aliphatic rings. The Balaban J connectivity index is 1.69. The van der Waals surface area contributed by atoms with Crippen molar-refractivity contribution in [2.45, 2.75) is 28.7 Å². The summed E-state index contributed by atoms with van der Waals surface area (Å²) in [5.41, 5.74) is 0.541. The molecule has 0 amide bonds. The predicted molar refractivity (Wildman–Crippen MR) is 85.2 cm³/mol. The van der Waals surface area contributed by atoms with Crippen LogP contribution in [0, 0.1) is 11.3 Å². The summed E-state index contributed by atoms with van der Waals surface area (Å²) in [5.74, 6) is 1.02. The van der Waals surface area contributed by atoms with Crippen LogP contribution in [0.3, 0.4) is 0 Å². The Bertz CT molecular complexity index is 834. The molecule has 2 aromatic rings. The number of aromatic nitrogens is 1. The highest BCUT2D eigenvalue weighted by Gasteiger charge is 2.29. The van der Waals surface area contributed by atoms with E-state index in [4.69, 9.17) is 9.68 Å². The summed E-state index contributed by atoms with van der Waals surface area (Å²) >= 11 is 1.39. The molecule has 0 radical (unpaired) electrons. The van der Waals surface area contributed by atoms with Gasteiger partial charge < -0.3 is 4.42 Å². The van der Waals surface area contributed by atoms with Gasteiger partial charge in [-0.1, -0.05) is 11.8 Å². The first kappa shape index (κ1) is 16.1. The molecule has 0 aliphatic carbocycles. The SMILES string of the molecule is N#Cc1ccnc(SCc2ccc(S(=O)(=O)N3CCCC3)o2)c1. The van der Waals surface area contributed by atoms with Crippen molar-refractivity contribution in [3.63, 3.8) is 0 Å². The maximum atomic E-state index is 12.4. The summed E-state index contributed by atoms with van der Waals surface area (Å²) in [6.07, 6.45) is 3.36. The Kier molecular flexibility index (Phi) is 4.71. The van der Waals surface area contributed by atoms with Crippen LogP contribution < -0.4 is 0 Å². The lowest BCUT2D eigenvalue weighted by atomic mass is 10.3. The van der Waals surface area contributed by atoms with Crippen molar-refractivity contribution in [2.75, 3.05) is 13.1 Å². The second-order valence-electron chi connectivity index (χ2n) is 5.12. The van der Waals surface area contributed by atoms with Crippen LogP contribution in [0.1, 0.15) is 24.2 Å². The van der Waals surface area contributed by atoms with Crippen molar-refractivity contribution in [3.8, 4) is 6.07 Å². The molecule has 0 unspecified atom stereocenters. The van der Waals surface area contributed by atoms with Crippen LogP contribution >= 0.6 is 11.8 Å². The number of furan rings is 1. The summed E-state index contributed by atoms with van der Waals surface area (Å²) in [5, 5.41) is 9.56. The van der Waals surface area contributed by atoms with Crippen LogP contribution in [0.4, 0.5) is 0 Å². The molecule has 1 fully saturated rings. The van der Waals surface area contributed by atoms with Crippen molar-refractivity contribution in [1.82, 2.24) is 9.29 Å². The fraction of sp³-hybridized carbons (Fsp3) is 0.333. The largest absolute Gasteiger partial charge is 0.447 e. The average Bonchev–Trinajstić information content (AvgIpc) is 3.25. The van der Waals surface area contributed by atoms with Crippen LogP contribution in [-0.4, -0.2) is 30.8 Å². The van der Waals surface area contributed by atoms with Gasteiger partial charge in [-0.3, -0.25) is 0 Å². The smallest absolute Gasteiger partial charge is 0.276 e. The van der Waals surface area contributed by atoms with Gasteiger partial charge in [-0.25, -0.2) is 13.4 Å². The fourth-order valence-corrected chi connectivity index (χ4v) is 4.57. The maximum Gasteiger partial charge on any atom is 0.276 e. The molecule has 3 heterocycles. The molecule has 2 aromatic heterocycles. The lowest BCUT2D eigenvalue weighted by Gasteiger charge is -2.12. The molecule has 120 valence electrons. The highest BCUT2D eigenvalue weighted by Crippen LogP contribution is 2.26. The topological polar surface area (TPSA) is 87.2 Å². The van der Waals surface area contributed by atoms with E-state index in [2.05, 4.69) is 11.1 Å². The fourth-order valence-electron chi connectivity index (χ4n) is 2.33. The third-order valence-electron chi connectivity index (χ3n) is 3.52. The lowest BCUT2D eigenvalue weighted by molar-refractivity contribution is 0.397. The zero-order valence-electron chi connectivity index (χ0n) is 12.3. The lowest BCUT2D eigenvalue weighted by Crippen LogP contribution is -2.27. The second kappa shape index (κ2) is 6.74. The first-order chi connectivity index (χ1) is 11.1. The zero-order chi connectivity index (χ0) is 16.3. The van der Waals surface area contributed by atoms with Crippen LogP contribution in [0.2, 0.25) is 0 Å². The van der Waals surface area contributed by atoms with Gasteiger partial charge in [0.1, 0.15) is 5.76 Å². The van der Waals surface area contributed by atoms with Gasteiger partial charge in [0.15, 0.2) is 0 Å². The Hall–Kier alpha value is -1.82. The number of nitrogens with zero attached hydrogens (tertiary/aromatic N) is 3. The molecular weight excluding hydrogens is 334 g/mol. The third-order valence-corrected chi connectivity index (χ3v) is 6.24. The van der Waals surface area contributed by atoms with Crippen molar-refractivity contribution in [1.29, 1.82) is 5.26 Å². The quantitative estimate of drug-likeness (QED) is 0.771. The number of thioether (sulfide) groups is 1. The van der Waals surface area contributed by atoms with Gasteiger partial charge >= 0.3 is 0 Å². The van der Waals surface area contributed by atoms with E-state index in [0.717, 1.165) is 12.8 Å². The minimum Gasteiger partial charge on any atom is -0.447 e. The number of pyridine rings is 1. The van der Waals surface area contributed by atoms with Gasteiger partial charge in [-0.2, -0.15) is 9.57 Å². The van der Waals surface area contributed by atoms with Crippen LogP contribution in [-0.2, 0) is 15.8 Å². The van der Waals surface area contributed by atoms with Crippen molar-refractivity contribution in [3.05, 3.63) is 41.8 Å². The van der Waals surface area contributed by atoms with E-state index in [0.29, 0.717) is 35.2 Å². The minimum absolute atomic E-state index is 0.00580. The molecule has 8 heteroatoms. The maximum absolute atomic E-state index is 12.4. The van der Waals surface area contributed by atoms with E-state index in [1.54, 1.807) is 24.4 Å². The zero-order valence-corrected chi connectivity index (χ0v) is 13.9. The summed E-state index contributed by atoms with van der Waals surface area (Å²) in [7, 11) is -3.51. The third kappa shape index (κ3) is 3.58. The van der Waals surface area contributed by atoms with Crippen molar-refractivity contribution >= 4 is 21.8 Å². The summed E-state index contributed by atoms with van der Waals surface area (Å²) < 4.78 is 31.7. The summed E-state index contributed by atoms with van der Waals surface area (Å²) in [6, 6.07) is 8.56. The molecule has 0 atom stereocenters. The molecule has 0 bridgehead atoms. The monoisotopic (exact) mass is 349 g/mol.